The summed E-state index contributed by atoms with van der Waals surface area (Å²) in [5.41, 5.74) is 1.23. The van der Waals surface area contributed by atoms with Crippen molar-refractivity contribution in [2.24, 2.45) is 7.05 Å². The Labute approximate surface area is 123 Å². The molecule has 6 heteroatoms. The van der Waals surface area contributed by atoms with E-state index in [9.17, 15) is 13.2 Å². The van der Waals surface area contributed by atoms with Crippen LogP contribution < -0.4 is 5.32 Å². The first-order chi connectivity index (χ1) is 9.99. The molecule has 1 atom stereocenters. The van der Waals surface area contributed by atoms with E-state index in [-0.39, 0.29) is 17.7 Å². The number of aromatic nitrogens is 1. The minimum Gasteiger partial charge on any atom is -0.347 e. The number of hydrogen-bond acceptors (Lipinski definition) is 3. The van der Waals surface area contributed by atoms with Crippen LogP contribution in [0.1, 0.15) is 28.5 Å². The van der Waals surface area contributed by atoms with Gasteiger partial charge in [-0.25, -0.2) is 8.42 Å². The Hall–Kier alpha value is -2.08. The molecule has 0 saturated carbocycles. The van der Waals surface area contributed by atoms with E-state index < -0.39 is 9.84 Å². The third-order valence-electron chi connectivity index (χ3n) is 3.79. The van der Waals surface area contributed by atoms with Gasteiger partial charge >= 0.3 is 0 Å². The lowest BCUT2D eigenvalue weighted by atomic mass is 10.0. The maximum Gasteiger partial charge on any atom is 0.268 e. The van der Waals surface area contributed by atoms with Crippen molar-refractivity contribution in [3.8, 4) is 0 Å². The second-order valence-electron chi connectivity index (χ2n) is 5.18. The van der Waals surface area contributed by atoms with E-state index in [1.807, 2.05) is 0 Å². The lowest BCUT2D eigenvalue weighted by Gasteiger charge is -2.26. The lowest BCUT2D eigenvalue weighted by molar-refractivity contribution is 0.0926. The summed E-state index contributed by atoms with van der Waals surface area (Å²) in [7, 11) is -1.43. The molecule has 1 aliphatic rings. The number of nitrogens with one attached hydrogen (secondary N) is 1. The van der Waals surface area contributed by atoms with Crippen LogP contribution in [-0.2, 0) is 16.9 Å². The van der Waals surface area contributed by atoms with Crippen LogP contribution in [0.15, 0.2) is 47.5 Å². The summed E-state index contributed by atoms with van der Waals surface area (Å²) in [6.07, 6.45) is 2.20. The van der Waals surface area contributed by atoms with Gasteiger partial charge in [-0.3, -0.25) is 4.79 Å². The average molecular weight is 304 g/mol. The van der Waals surface area contributed by atoms with Crippen molar-refractivity contribution in [2.45, 2.75) is 17.4 Å². The van der Waals surface area contributed by atoms with Gasteiger partial charge in [-0.15, -0.1) is 0 Å². The molecule has 0 unspecified atom stereocenters. The van der Waals surface area contributed by atoms with E-state index >= 15 is 0 Å². The summed E-state index contributed by atoms with van der Waals surface area (Å²) in [5.74, 6) is -0.135. The summed E-state index contributed by atoms with van der Waals surface area (Å²) in [4.78, 5) is 12.6. The first-order valence-electron chi connectivity index (χ1n) is 6.73. The number of fused-ring (bicyclic) bond motifs is 1. The van der Waals surface area contributed by atoms with Crippen molar-refractivity contribution >= 4 is 15.7 Å². The van der Waals surface area contributed by atoms with E-state index in [2.05, 4.69) is 5.32 Å². The highest BCUT2D eigenvalue weighted by atomic mass is 32.2. The Morgan fingerprint density at radius 1 is 1.24 bits per heavy atom. The zero-order valence-electron chi connectivity index (χ0n) is 11.6. The summed E-state index contributed by atoms with van der Waals surface area (Å²) in [6, 6.07) is 10.1. The van der Waals surface area contributed by atoms with Gasteiger partial charge in [0.2, 0.25) is 0 Å². The van der Waals surface area contributed by atoms with Crippen LogP contribution in [0.5, 0.6) is 0 Å². The fraction of sp³-hybridized carbons (Fsp3) is 0.267. The highest BCUT2D eigenvalue weighted by Gasteiger charge is 2.31. The van der Waals surface area contributed by atoms with Gasteiger partial charge in [0.05, 0.1) is 16.7 Å². The van der Waals surface area contributed by atoms with Gasteiger partial charge in [0, 0.05) is 13.2 Å². The Morgan fingerprint density at radius 3 is 2.71 bits per heavy atom. The van der Waals surface area contributed by atoms with Gasteiger partial charge in [0.15, 0.2) is 9.84 Å². The van der Waals surface area contributed by atoms with E-state index in [0.717, 1.165) is 0 Å². The second-order valence-corrected chi connectivity index (χ2v) is 7.25. The lowest BCUT2D eigenvalue weighted by Crippen LogP contribution is -2.34. The molecule has 0 saturated heterocycles. The number of hydrogen-bond donors (Lipinski definition) is 1. The largest absolute Gasteiger partial charge is 0.347 e. The third kappa shape index (κ3) is 2.47. The van der Waals surface area contributed by atoms with Crippen LogP contribution in [-0.4, -0.2) is 24.6 Å². The van der Waals surface area contributed by atoms with E-state index in [0.29, 0.717) is 22.6 Å². The molecular formula is C15H16N2O3S. The SMILES string of the molecule is Cn1cccc1C(=O)N[C@@H]1CCS(=O)(=O)c2ccccc21. The summed E-state index contributed by atoms with van der Waals surface area (Å²) in [6.45, 7) is 0. The minimum absolute atomic E-state index is 0.0576. The first kappa shape index (κ1) is 13.9. The van der Waals surface area contributed by atoms with Crippen molar-refractivity contribution in [1.82, 2.24) is 9.88 Å². The predicted octanol–water partition coefficient (Wildman–Crippen LogP) is 1.67. The van der Waals surface area contributed by atoms with Crippen molar-refractivity contribution in [2.75, 3.05) is 5.75 Å². The Morgan fingerprint density at radius 2 is 2.00 bits per heavy atom. The van der Waals surface area contributed by atoms with Crippen LogP contribution in [0.3, 0.4) is 0 Å². The number of carbonyl (C=O) groups excluding carboxylic acids is 1. The molecule has 1 aromatic heterocycles. The fourth-order valence-corrected chi connectivity index (χ4v) is 4.29. The van der Waals surface area contributed by atoms with E-state index in [1.165, 1.54) is 0 Å². The molecule has 1 amide bonds. The molecule has 5 nitrogen and oxygen atoms in total. The second kappa shape index (κ2) is 5.04. The number of nitrogens with zero attached hydrogens (tertiary/aromatic N) is 1. The monoisotopic (exact) mass is 304 g/mol. The Bertz CT molecular complexity index is 793. The Kier molecular flexibility index (Phi) is 3.33. The van der Waals surface area contributed by atoms with Crippen LogP contribution in [0.25, 0.3) is 0 Å². The molecule has 1 aromatic carbocycles. The predicted molar refractivity (Wildman–Crippen MR) is 78.7 cm³/mol. The number of aryl methyl sites for hydroxylation is 1. The average Bonchev–Trinajstić information content (AvgIpc) is 2.89. The molecule has 0 radical (unpaired) electrons. The maximum absolute atomic E-state index is 12.3. The summed E-state index contributed by atoms with van der Waals surface area (Å²) in [5, 5.41) is 2.93. The molecule has 0 fully saturated rings. The van der Waals surface area contributed by atoms with Gasteiger partial charge in [0.1, 0.15) is 5.69 Å². The van der Waals surface area contributed by atoms with Crippen molar-refractivity contribution < 1.29 is 13.2 Å². The fourth-order valence-electron chi connectivity index (χ4n) is 2.67. The van der Waals surface area contributed by atoms with Gasteiger partial charge in [-0.05, 0) is 30.2 Å². The number of benzene rings is 1. The molecule has 110 valence electrons. The van der Waals surface area contributed by atoms with Crippen molar-refractivity contribution in [3.63, 3.8) is 0 Å². The highest BCUT2D eigenvalue weighted by Crippen LogP contribution is 2.32. The first-order valence-corrected chi connectivity index (χ1v) is 8.38. The summed E-state index contributed by atoms with van der Waals surface area (Å²) < 4.78 is 25.9. The zero-order valence-corrected chi connectivity index (χ0v) is 12.4. The molecule has 2 heterocycles. The number of rotatable bonds is 2. The zero-order chi connectivity index (χ0) is 15.0. The number of sulfone groups is 1. The maximum atomic E-state index is 12.3. The van der Waals surface area contributed by atoms with Crippen LogP contribution in [0.2, 0.25) is 0 Å². The highest BCUT2D eigenvalue weighted by molar-refractivity contribution is 7.91. The van der Waals surface area contributed by atoms with Gasteiger partial charge < -0.3 is 9.88 Å². The standard InChI is InChI=1S/C15H16N2O3S/c1-17-9-4-6-13(17)15(18)16-12-8-10-21(19,20)14-7-3-2-5-11(12)14/h2-7,9,12H,8,10H2,1H3,(H,16,18)/t12-/m1/s1. The molecule has 21 heavy (non-hydrogen) atoms. The van der Waals surface area contributed by atoms with Gasteiger partial charge in [-0.2, -0.15) is 0 Å². The topological polar surface area (TPSA) is 68.2 Å². The van der Waals surface area contributed by atoms with Gasteiger partial charge in [0.25, 0.3) is 5.91 Å². The van der Waals surface area contributed by atoms with E-state index in [4.69, 9.17) is 0 Å². The van der Waals surface area contributed by atoms with Gasteiger partial charge in [-0.1, -0.05) is 18.2 Å². The summed E-state index contributed by atoms with van der Waals surface area (Å²) >= 11 is 0. The van der Waals surface area contributed by atoms with Crippen LogP contribution in [0.4, 0.5) is 0 Å². The molecule has 3 rings (SSSR count). The van der Waals surface area contributed by atoms with Crippen molar-refractivity contribution in [1.29, 1.82) is 0 Å². The molecule has 0 bridgehead atoms. The quantitative estimate of drug-likeness (QED) is 0.917. The normalized spacial score (nSPS) is 19.8. The number of carbonyl (C=O) groups is 1. The molecule has 2 aromatic rings. The smallest absolute Gasteiger partial charge is 0.268 e. The van der Waals surface area contributed by atoms with E-state index in [1.54, 1.807) is 54.2 Å². The third-order valence-corrected chi connectivity index (χ3v) is 5.60. The molecule has 0 aliphatic carbocycles. The molecule has 0 spiro atoms. The van der Waals surface area contributed by atoms with Crippen molar-refractivity contribution in [3.05, 3.63) is 53.9 Å². The Balaban J connectivity index is 1.91. The van der Waals surface area contributed by atoms with Crippen LogP contribution >= 0.6 is 0 Å². The van der Waals surface area contributed by atoms with Crippen LogP contribution in [0, 0.1) is 0 Å². The number of amides is 1. The molecule has 1 N–H and O–H groups in total. The molecular weight excluding hydrogens is 288 g/mol. The molecule has 1 aliphatic heterocycles. The minimum atomic E-state index is -3.23.